The summed E-state index contributed by atoms with van der Waals surface area (Å²) < 4.78 is 28.3. The number of nitrogens with zero attached hydrogens (tertiary/aromatic N) is 1. The number of hydrogen-bond acceptors (Lipinski definition) is 3. The Labute approximate surface area is 119 Å². The van der Waals surface area contributed by atoms with Crippen LogP contribution in [0.1, 0.15) is 33.3 Å². The van der Waals surface area contributed by atoms with E-state index in [1.807, 2.05) is 13.8 Å². The second-order valence-electron chi connectivity index (χ2n) is 5.97. The van der Waals surface area contributed by atoms with Gasteiger partial charge in [-0.15, -0.1) is 0 Å². The smallest absolute Gasteiger partial charge is 0.149 e. The lowest BCUT2D eigenvalue weighted by Crippen LogP contribution is -2.45. The summed E-state index contributed by atoms with van der Waals surface area (Å²) in [6.45, 7) is 7.61. The largest absolute Gasteiger partial charge is 0.394 e. The summed E-state index contributed by atoms with van der Waals surface area (Å²) >= 11 is 0. The van der Waals surface area contributed by atoms with Gasteiger partial charge >= 0.3 is 0 Å². The average Bonchev–Trinajstić information content (AvgIpc) is 2.35. The zero-order valence-electron chi connectivity index (χ0n) is 12.8. The van der Waals surface area contributed by atoms with Gasteiger partial charge in [0.1, 0.15) is 17.3 Å². The van der Waals surface area contributed by atoms with Gasteiger partial charge in [-0.05, 0) is 31.5 Å². The van der Waals surface area contributed by atoms with Crippen LogP contribution in [-0.4, -0.2) is 30.3 Å². The van der Waals surface area contributed by atoms with Gasteiger partial charge in [0.15, 0.2) is 0 Å². The van der Waals surface area contributed by atoms with E-state index in [2.05, 4.69) is 5.32 Å². The molecule has 0 bridgehead atoms. The third kappa shape index (κ3) is 3.90. The first-order valence-corrected chi connectivity index (χ1v) is 6.75. The normalized spacial score (nSPS) is 12.1. The molecule has 0 saturated carbocycles. The summed E-state index contributed by atoms with van der Waals surface area (Å²) in [6, 6.07) is 2.91. The summed E-state index contributed by atoms with van der Waals surface area (Å²) in [7, 11) is 1.57. The maximum Gasteiger partial charge on any atom is 0.149 e. The molecular weight excluding hydrogens is 262 g/mol. The molecule has 0 spiro atoms. The van der Waals surface area contributed by atoms with Gasteiger partial charge in [-0.1, -0.05) is 13.8 Å². The second-order valence-corrected chi connectivity index (χ2v) is 5.97. The van der Waals surface area contributed by atoms with Crippen molar-refractivity contribution in [3.63, 3.8) is 0 Å². The summed E-state index contributed by atoms with van der Waals surface area (Å²) in [5, 5.41) is 12.4. The van der Waals surface area contributed by atoms with Crippen LogP contribution in [0.4, 0.5) is 14.5 Å². The Bertz CT molecular complexity index is 438. The average molecular weight is 286 g/mol. The molecule has 114 valence electrons. The van der Waals surface area contributed by atoms with Crippen molar-refractivity contribution in [2.24, 2.45) is 0 Å². The molecule has 1 aromatic rings. The monoisotopic (exact) mass is 286 g/mol. The summed E-state index contributed by atoms with van der Waals surface area (Å²) in [5.41, 5.74) is -0.288. The molecule has 0 saturated heterocycles. The lowest BCUT2D eigenvalue weighted by atomic mass is 10.0. The highest BCUT2D eigenvalue weighted by atomic mass is 19.1. The van der Waals surface area contributed by atoms with E-state index >= 15 is 0 Å². The van der Waals surface area contributed by atoms with E-state index < -0.39 is 17.2 Å². The van der Waals surface area contributed by atoms with Crippen molar-refractivity contribution in [3.05, 3.63) is 29.3 Å². The van der Waals surface area contributed by atoms with Crippen LogP contribution in [0.15, 0.2) is 12.1 Å². The van der Waals surface area contributed by atoms with Gasteiger partial charge in [-0.25, -0.2) is 8.78 Å². The molecule has 1 aromatic carbocycles. The Morgan fingerprint density at radius 3 is 2.15 bits per heavy atom. The quantitative estimate of drug-likeness (QED) is 0.844. The van der Waals surface area contributed by atoms with Crippen LogP contribution in [0, 0.1) is 11.6 Å². The molecule has 0 amide bonds. The molecule has 5 heteroatoms. The third-order valence-corrected chi connectivity index (χ3v) is 3.42. The number of benzene rings is 1. The highest BCUT2D eigenvalue weighted by Crippen LogP contribution is 2.29. The van der Waals surface area contributed by atoms with E-state index in [0.717, 1.165) is 0 Å². The number of aliphatic hydroxyl groups is 1. The van der Waals surface area contributed by atoms with Crippen molar-refractivity contribution >= 4 is 5.69 Å². The van der Waals surface area contributed by atoms with Crippen molar-refractivity contribution in [1.29, 1.82) is 0 Å². The van der Waals surface area contributed by atoms with Gasteiger partial charge in [-0.2, -0.15) is 0 Å². The molecule has 3 nitrogen and oxygen atoms in total. The van der Waals surface area contributed by atoms with Crippen molar-refractivity contribution in [2.45, 2.75) is 45.8 Å². The first-order chi connectivity index (χ1) is 9.19. The molecule has 0 aliphatic carbocycles. The minimum absolute atomic E-state index is 0.114. The fourth-order valence-electron chi connectivity index (χ4n) is 1.77. The lowest BCUT2D eigenvalue weighted by Gasteiger charge is -2.36. The van der Waals surface area contributed by atoms with E-state index in [9.17, 15) is 13.9 Å². The van der Waals surface area contributed by atoms with Gasteiger partial charge in [0.2, 0.25) is 0 Å². The fraction of sp³-hybridized carbons (Fsp3) is 0.600. The Kier molecular flexibility index (Phi) is 5.48. The molecule has 1 rings (SSSR count). The van der Waals surface area contributed by atoms with Crippen molar-refractivity contribution in [2.75, 3.05) is 18.6 Å². The third-order valence-electron chi connectivity index (χ3n) is 3.42. The van der Waals surface area contributed by atoms with E-state index in [-0.39, 0.29) is 18.3 Å². The van der Waals surface area contributed by atoms with Crippen molar-refractivity contribution in [3.8, 4) is 0 Å². The van der Waals surface area contributed by atoms with Crippen LogP contribution in [0.2, 0.25) is 0 Å². The number of halogens is 2. The SMILES string of the molecule is CC(C)NCc1cc(F)c(N(C)C(C)(C)CO)c(F)c1. The van der Waals surface area contributed by atoms with Crippen molar-refractivity contribution < 1.29 is 13.9 Å². The number of likely N-dealkylation sites (N-methyl/N-ethyl adjacent to an activating group) is 1. The van der Waals surface area contributed by atoms with Crippen LogP contribution < -0.4 is 10.2 Å². The summed E-state index contributed by atoms with van der Waals surface area (Å²) in [4.78, 5) is 1.43. The van der Waals surface area contributed by atoms with Crippen LogP contribution >= 0.6 is 0 Å². The Morgan fingerprint density at radius 2 is 1.75 bits per heavy atom. The van der Waals surface area contributed by atoms with E-state index in [1.54, 1.807) is 20.9 Å². The van der Waals surface area contributed by atoms with Gasteiger partial charge in [0.05, 0.1) is 12.1 Å². The lowest BCUT2D eigenvalue weighted by molar-refractivity contribution is 0.215. The van der Waals surface area contributed by atoms with Crippen molar-refractivity contribution in [1.82, 2.24) is 5.32 Å². The van der Waals surface area contributed by atoms with E-state index in [4.69, 9.17) is 0 Å². The number of nitrogens with one attached hydrogen (secondary N) is 1. The summed E-state index contributed by atoms with van der Waals surface area (Å²) in [6.07, 6.45) is 0. The minimum Gasteiger partial charge on any atom is -0.394 e. The number of anilines is 1. The second kappa shape index (κ2) is 6.50. The predicted molar refractivity (Wildman–Crippen MR) is 77.9 cm³/mol. The molecule has 0 heterocycles. The standard InChI is InChI=1S/C15H24F2N2O/c1-10(2)18-8-11-6-12(16)14(13(17)7-11)19(5)15(3,4)9-20/h6-7,10,18,20H,8-9H2,1-5H3. The van der Waals surface area contributed by atoms with E-state index in [0.29, 0.717) is 12.1 Å². The summed E-state index contributed by atoms with van der Waals surface area (Å²) in [5.74, 6) is -1.23. The van der Waals surface area contributed by atoms with Gasteiger partial charge in [0, 0.05) is 19.6 Å². The number of rotatable bonds is 6. The topological polar surface area (TPSA) is 35.5 Å². The molecular formula is C15H24F2N2O. The molecule has 0 aromatic heterocycles. The highest BCUT2D eigenvalue weighted by molar-refractivity contribution is 5.52. The zero-order chi connectivity index (χ0) is 15.5. The molecule has 2 N–H and O–H groups in total. The molecule has 0 unspecified atom stereocenters. The molecule has 0 atom stereocenters. The Morgan fingerprint density at radius 1 is 1.25 bits per heavy atom. The van der Waals surface area contributed by atoms with Gasteiger partial charge in [0.25, 0.3) is 0 Å². The fourth-order valence-corrected chi connectivity index (χ4v) is 1.77. The predicted octanol–water partition coefficient (Wildman–Crippen LogP) is 2.67. The zero-order valence-corrected chi connectivity index (χ0v) is 12.8. The minimum atomic E-state index is -0.737. The number of aliphatic hydroxyl groups excluding tert-OH is 1. The molecule has 20 heavy (non-hydrogen) atoms. The molecule has 0 fully saturated rings. The molecule has 0 aliphatic rings. The molecule has 0 aliphatic heterocycles. The molecule has 0 radical (unpaired) electrons. The van der Waals surface area contributed by atoms with Crippen LogP contribution in [-0.2, 0) is 6.54 Å². The Hall–Kier alpha value is -1.20. The number of hydrogen-bond donors (Lipinski definition) is 2. The van der Waals surface area contributed by atoms with Crippen LogP contribution in [0.5, 0.6) is 0 Å². The van der Waals surface area contributed by atoms with Gasteiger partial charge < -0.3 is 15.3 Å². The maximum atomic E-state index is 14.2. The first-order valence-electron chi connectivity index (χ1n) is 6.75. The highest BCUT2D eigenvalue weighted by Gasteiger charge is 2.27. The van der Waals surface area contributed by atoms with Crippen LogP contribution in [0.3, 0.4) is 0 Å². The van der Waals surface area contributed by atoms with E-state index in [1.165, 1.54) is 17.0 Å². The Balaban J connectivity index is 3.06. The van der Waals surface area contributed by atoms with Crippen LogP contribution in [0.25, 0.3) is 0 Å². The first kappa shape index (κ1) is 16.9. The maximum absolute atomic E-state index is 14.2. The van der Waals surface area contributed by atoms with Gasteiger partial charge in [-0.3, -0.25) is 0 Å².